The van der Waals surface area contributed by atoms with E-state index in [2.05, 4.69) is 9.97 Å². The highest BCUT2D eigenvalue weighted by atomic mass is 32.1. The number of hydrogen-bond acceptors (Lipinski definition) is 5. The average molecular weight is 209 g/mol. The van der Waals surface area contributed by atoms with Crippen molar-refractivity contribution in [3.63, 3.8) is 0 Å². The van der Waals surface area contributed by atoms with Crippen molar-refractivity contribution in [2.45, 2.75) is 13.8 Å². The number of nitrogens with two attached hydrogens (primary N) is 1. The minimum atomic E-state index is 0.330. The molecule has 5 heteroatoms. The van der Waals surface area contributed by atoms with E-state index in [1.807, 2.05) is 13.8 Å². The lowest BCUT2D eigenvalue weighted by molar-refractivity contribution is 0.383. The van der Waals surface area contributed by atoms with E-state index in [9.17, 15) is 0 Å². The van der Waals surface area contributed by atoms with Crippen molar-refractivity contribution >= 4 is 27.4 Å². The fourth-order valence-corrected chi connectivity index (χ4v) is 2.38. The van der Waals surface area contributed by atoms with E-state index in [1.165, 1.54) is 12.0 Å². The average Bonchev–Trinajstić information content (AvgIpc) is 2.43. The molecule has 2 aromatic heterocycles. The lowest BCUT2D eigenvalue weighted by Gasteiger charge is -2.00. The zero-order valence-electron chi connectivity index (χ0n) is 8.29. The van der Waals surface area contributed by atoms with Gasteiger partial charge in [0.05, 0.1) is 12.5 Å². The van der Waals surface area contributed by atoms with E-state index >= 15 is 0 Å². The van der Waals surface area contributed by atoms with Crippen LogP contribution in [-0.2, 0) is 0 Å². The molecular weight excluding hydrogens is 198 g/mol. The van der Waals surface area contributed by atoms with E-state index in [0.29, 0.717) is 11.8 Å². The normalized spacial score (nSPS) is 10.8. The fraction of sp³-hybridized carbons (Fsp3) is 0.333. The maximum absolute atomic E-state index is 5.82. The first kappa shape index (κ1) is 9.21. The molecular formula is C9H11N3OS. The summed E-state index contributed by atoms with van der Waals surface area (Å²) in [5.74, 6) is 0.494. The second-order valence-electron chi connectivity index (χ2n) is 3.06. The summed E-state index contributed by atoms with van der Waals surface area (Å²) in [6, 6.07) is 0.330. The maximum Gasteiger partial charge on any atom is 0.319 e. The van der Waals surface area contributed by atoms with Gasteiger partial charge in [-0.05, 0) is 19.4 Å². The summed E-state index contributed by atoms with van der Waals surface area (Å²) in [5, 5.41) is 0.952. The SMILES string of the molecule is COc1nc(N)c2c(C)c(C)sc2n1. The van der Waals surface area contributed by atoms with Gasteiger partial charge in [0.1, 0.15) is 10.6 Å². The van der Waals surface area contributed by atoms with Gasteiger partial charge in [-0.25, -0.2) is 0 Å². The van der Waals surface area contributed by atoms with E-state index in [-0.39, 0.29) is 0 Å². The Kier molecular flexibility index (Phi) is 2.03. The number of hydrogen-bond donors (Lipinski definition) is 1. The summed E-state index contributed by atoms with van der Waals surface area (Å²) >= 11 is 1.61. The number of anilines is 1. The van der Waals surface area contributed by atoms with E-state index < -0.39 is 0 Å². The van der Waals surface area contributed by atoms with Crippen molar-refractivity contribution < 1.29 is 4.74 Å². The van der Waals surface area contributed by atoms with Crippen LogP contribution in [0.25, 0.3) is 10.2 Å². The third-order valence-electron chi connectivity index (χ3n) is 2.22. The van der Waals surface area contributed by atoms with Crippen molar-refractivity contribution in [1.82, 2.24) is 9.97 Å². The van der Waals surface area contributed by atoms with Crippen molar-refractivity contribution in [3.8, 4) is 6.01 Å². The Morgan fingerprint density at radius 2 is 2.00 bits per heavy atom. The van der Waals surface area contributed by atoms with Crippen LogP contribution in [0.2, 0.25) is 0 Å². The van der Waals surface area contributed by atoms with Crippen LogP contribution in [0.4, 0.5) is 5.82 Å². The number of methoxy groups -OCH3 is 1. The van der Waals surface area contributed by atoms with E-state index in [0.717, 1.165) is 15.8 Å². The van der Waals surface area contributed by atoms with Gasteiger partial charge in [-0.3, -0.25) is 0 Å². The highest BCUT2D eigenvalue weighted by molar-refractivity contribution is 7.18. The Labute approximate surface area is 85.7 Å². The molecule has 0 saturated heterocycles. The molecule has 2 rings (SSSR count). The van der Waals surface area contributed by atoms with Crippen molar-refractivity contribution in [1.29, 1.82) is 0 Å². The van der Waals surface area contributed by atoms with E-state index in [1.54, 1.807) is 11.3 Å². The predicted molar refractivity (Wildman–Crippen MR) is 57.9 cm³/mol. The van der Waals surface area contributed by atoms with Crippen LogP contribution in [-0.4, -0.2) is 17.1 Å². The summed E-state index contributed by atoms with van der Waals surface area (Å²) in [7, 11) is 1.54. The number of nitrogens with zero attached hydrogens (tertiary/aromatic N) is 2. The first-order chi connectivity index (χ1) is 6.63. The zero-order valence-corrected chi connectivity index (χ0v) is 9.10. The summed E-state index contributed by atoms with van der Waals surface area (Å²) in [4.78, 5) is 10.4. The zero-order chi connectivity index (χ0) is 10.3. The summed E-state index contributed by atoms with van der Waals surface area (Å²) in [6.07, 6.45) is 0. The minimum Gasteiger partial charge on any atom is -0.467 e. The van der Waals surface area contributed by atoms with Gasteiger partial charge in [-0.1, -0.05) is 0 Å². The topological polar surface area (TPSA) is 61.0 Å². The van der Waals surface area contributed by atoms with Crippen molar-refractivity contribution in [2.24, 2.45) is 0 Å². The number of ether oxygens (including phenoxy) is 1. The van der Waals surface area contributed by atoms with Gasteiger partial charge in [0.2, 0.25) is 0 Å². The number of aryl methyl sites for hydroxylation is 2. The molecule has 0 saturated carbocycles. The number of rotatable bonds is 1. The molecule has 0 aromatic carbocycles. The lowest BCUT2D eigenvalue weighted by atomic mass is 10.2. The lowest BCUT2D eigenvalue weighted by Crippen LogP contribution is -1.97. The summed E-state index contributed by atoms with van der Waals surface area (Å²) < 4.78 is 4.96. The quantitative estimate of drug-likeness (QED) is 0.779. The monoisotopic (exact) mass is 209 g/mol. The maximum atomic E-state index is 5.82. The van der Waals surface area contributed by atoms with Crippen LogP contribution in [0, 0.1) is 13.8 Å². The van der Waals surface area contributed by atoms with Crippen LogP contribution >= 0.6 is 11.3 Å². The Bertz CT molecular complexity index is 492. The molecule has 0 radical (unpaired) electrons. The number of thiophene rings is 1. The number of fused-ring (bicyclic) bond motifs is 1. The second-order valence-corrected chi connectivity index (χ2v) is 4.26. The van der Waals surface area contributed by atoms with Gasteiger partial charge in [0, 0.05) is 4.88 Å². The molecule has 4 nitrogen and oxygen atoms in total. The van der Waals surface area contributed by atoms with Crippen molar-refractivity contribution in [2.75, 3.05) is 12.8 Å². The van der Waals surface area contributed by atoms with Gasteiger partial charge < -0.3 is 10.5 Å². The number of nitrogen functional groups attached to an aromatic ring is 1. The molecule has 0 spiro atoms. The third kappa shape index (κ3) is 1.21. The third-order valence-corrected chi connectivity index (χ3v) is 3.32. The summed E-state index contributed by atoms with van der Waals surface area (Å²) in [5.41, 5.74) is 6.98. The molecule has 0 aliphatic heterocycles. The van der Waals surface area contributed by atoms with Crippen LogP contribution in [0.1, 0.15) is 10.4 Å². The fourth-order valence-electron chi connectivity index (χ4n) is 1.35. The Hall–Kier alpha value is -1.36. The standard InChI is InChI=1S/C9H11N3OS/c1-4-5(2)14-8-6(4)7(10)11-9(12-8)13-3/h1-3H3,(H2,10,11,12). The highest BCUT2D eigenvalue weighted by Gasteiger charge is 2.12. The Morgan fingerprint density at radius 3 is 2.64 bits per heavy atom. The largest absolute Gasteiger partial charge is 0.467 e. The molecule has 0 atom stereocenters. The van der Waals surface area contributed by atoms with Gasteiger partial charge in [0.25, 0.3) is 0 Å². The van der Waals surface area contributed by atoms with Gasteiger partial charge in [-0.2, -0.15) is 9.97 Å². The molecule has 2 heterocycles. The van der Waals surface area contributed by atoms with Crippen LogP contribution < -0.4 is 10.5 Å². The molecule has 74 valence electrons. The number of aromatic nitrogens is 2. The molecule has 0 aliphatic carbocycles. The van der Waals surface area contributed by atoms with Gasteiger partial charge >= 0.3 is 6.01 Å². The molecule has 14 heavy (non-hydrogen) atoms. The predicted octanol–water partition coefficient (Wildman–Crippen LogP) is 1.90. The molecule has 0 fully saturated rings. The van der Waals surface area contributed by atoms with Crippen LogP contribution in [0.5, 0.6) is 6.01 Å². The Morgan fingerprint density at radius 1 is 1.29 bits per heavy atom. The van der Waals surface area contributed by atoms with Crippen LogP contribution in [0.15, 0.2) is 0 Å². The molecule has 2 N–H and O–H groups in total. The van der Waals surface area contributed by atoms with Crippen LogP contribution in [0.3, 0.4) is 0 Å². The van der Waals surface area contributed by atoms with Gasteiger partial charge in [-0.15, -0.1) is 11.3 Å². The van der Waals surface area contributed by atoms with Gasteiger partial charge in [0.15, 0.2) is 0 Å². The van der Waals surface area contributed by atoms with E-state index in [4.69, 9.17) is 10.5 Å². The molecule has 0 amide bonds. The highest BCUT2D eigenvalue weighted by Crippen LogP contribution is 2.32. The molecule has 0 aliphatic rings. The second kappa shape index (κ2) is 3.09. The first-order valence-corrected chi connectivity index (χ1v) is 5.02. The van der Waals surface area contributed by atoms with Crippen molar-refractivity contribution in [3.05, 3.63) is 10.4 Å². The molecule has 2 aromatic rings. The molecule has 0 bridgehead atoms. The molecule has 0 unspecified atom stereocenters. The summed E-state index contributed by atoms with van der Waals surface area (Å²) in [6.45, 7) is 4.08. The minimum absolute atomic E-state index is 0.330. The Balaban J connectivity index is 2.83. The first-order valence-electron chi connectivity index (χ1n) is 4.20. The smallest absolute Gasteiger partial charge is 0.319 e.